The molecule has 0 spiro atoms. The molecule has 1 amide bonds. The topological polar surface area (TPSA) is 112 Å². The quantitative estimate of drug-likeness (QED) is 0.469. The fourth-order valence-electron chi connectivity index (χ4n) is 4.95. The molecule has 34 heavy (non-hydrogen) atoms. The molecule has 2 aliphatic carbocycles. The van der Waals surface area contributed by atoms with Crippen molar-refractivity contribution in [3.63, 3.8) is 0 Å². The number of hydrogen-bond acceptors (Lipinski definition) is 5. The first kappa shape index (κ1) is 24.0. The first-order chi connectivity index (χ1) is 16.5. The minimum absolute atomic E-state index is 0.0830. The molecule has 0 bridgehead atoms. The molecule has 7 heteroatoms. The molecule has 4 rings (SSSR count). The lowest BCUT2D eigenvalue weighted by molar-refractivity contribution is -0.127. The molecule has 2 fully saturated rings. The van der Waals surface area contributed by atoms with Gasteiger partial charge in [0.2, 0.25) is 5.91 Å². The summed E-state index contributed by atoms with van der Waals surface area (Å²) in [7, 11) is 0. The summed E-state index contributed by atoms with van der Waals surface area (Å²) in [6.07, 6.45) is 6.45. The summed E-state index contributed by atoms with van der Waals surface area (Å²) in [6, 6.07) is 8.88. The SMILES string of the molecule is CCOc1cccc2[nH]c(C(=O)C[C@@H](CC3CC3)C(=O)N[C@H](C#N)C[C@@H]3CCCCC3=O)cc12. The number of nitrogens with zero attached hydrogens (tertiary/aromatic N) is 1. The Morgan fingerprint density at radius 2 is 2.06 bits per heavy atom. The van der Waals surface area contributed by atoms with Gasteiger partial charge in [-0.3, -0.25) is 14.4 Å². The lowest BCUT2D eigenvalue weighted by Gasteiger charge is -2.24. The van der Waals surface area contributed by atoms with Crippen LogP contribution in [0.4, 0.5) is 0 Å². The molecule has 1 aromatic carbocycles. The summed E-state index contributed by atoms with van der Waals surface area (Å²) in [4.78, 5) is 41.6. The fourth-order valence-corrected chi connectivity index (χ4v) is 4.95. The fraction of sp³-hybridized carbons (Fsp3) is 0.556. The number of nitrogens with one attached hydrogen (secondary N) is 2. The van der Waals surface area contributed by atoms with Crippen molar-refractivity contribution < 1.29 is 19.1 Å². The molecular weight excluding hydrogens is 430 g/mol. The molecule has 1 heterocycles. The van der Waals surface area contributed by atoms with Gasteiger partial charge in [0, 0.05) is 35.6 Å². The third-order valence-corrected chi connectivity index (χ3v) is 7.02. The number of benzene rings is 1. The number of fused-ring (bicyclic) bond motifs is 1. The third kappa shape index (κ3) is 5.85. The van der Waals surface area contributed by atoms with Crippen molar-refractivity contribution in [1.29, 1.82) is 5.26 Å². The van der Waals surface area contributed by atoms with Crippen LogP contribution >= 0.6 is 0 Å². The monoisotopic (exact) mass is 463 g/mol. The lowest BCUT2D eigenvalue weighted by atomic mass is 9.83. The zero-order valence-corrected chi connectivity index (χ0v) is 19.8. The van der Waals surface area contributed by atoms with Crippen molar-refractivity contribution in [3.8, 4) is 11.8 Å². The van der Waals surface area contributed by atoms with Crippen molar-refractivity contribution in [2.45, 2.75) is 70.8 Å². The first-order valence-electron chi connectivity index (χ1n) is 12.5. The van der Waals surface area contributed by atoms with Crippen LogP contribution in [-0.2, 0) is 9.59 Å². The summed E-state index contributed by atoms with van der Waals surface area (Å²) >= 11 is 0. The second-order valence-electron chi connectivity index (χ2n) is 9.67. The van der Waals surface area contributed by atoms with Gasteiger partial charge >= 0.3 is 0 Å². The predicted octanol–water partition coefficient (Wildman–Crippen LogP) is 4.71. The maximum Gasteiger partial charge on any atom is 0.224 e. The van der Waals surface area contributed by atoms with Crippen molar-refractivity contribution >= 4 is 28.4 Å². The van der Waals surface area contributed by atoms with Gasteiger partial charge in [-0.1, -0.05) is 25.3 Å². The van der Waals surface area contributed by atoms with Gasteiger partial charge < -0.3 is 15.0 Å². The van der Waals surface area contributed by atoms with Crippen LogP contribution in [0.3, 0.4) is 0 Å². The number of rotatable bonds is 11. The van der Waals surface area contributed by atoms with E-state index < -0.39 is 12.0 Å². The van der Waals surface area contributed by atoms with Crippen molar-refractivity contribution in [2.24, 2.45) is 17.8 Å². The molecule has 3 atom stereocenters. The number of carbonyl (C=O) groups is 3. The van der Waals surface area contributed by atoms with E-state index in [9.17, 15) is 19.6 Å². The number of nitriles is 1. The molecule has 0 radical (unpaired) electrons. The predicted molar refractivity (Wildman–Crippen MR) is 128 cm³/mol. The van der Waals surface area contributed by atoms with Gasteiger partial charge in [0.05, 0.1) is 18.4 Å². The maximum absolute atomic E-state index is 13.2. The van der Waals surface area contributed by atoms with Crippen LogP contribution in [0, 0.1) is 29.1 Å². The van der Waals surface area contributed by atoms with Crippen LogP contribution in [0.2, 0.25) is 0 Å². The Morgan fingerprint density at radius 3 is 2.76 bits per heavy atom. The Hall–Kier alpha value is -3.14. The van der Waals surface area contributed by atoms with E-state index in [2.05, 4.69) is 16.4 Å². The molecule has 2 saturated carbocycles. The molecular formula is C27H33N3O4. The second kappa shape index (κ2) is 10.9. The number of H-pyrrole nitrogens is 1. The lowest BCUT2D eigenvalue weighted by Crippen LogP contribution is -2.41. The summed E-state index contributed by atoms with van der Waals surface area (Å²) in [5, 5.41) is 13.3. The second-order valence-corrected chi connectivity index (χ2v) is 9.67. The van der Waals surface area contributed by atoms with Crippen LogP contribution < -0.4 is 10.1 Å². The molecule has 0 aliphatic heterocycles. The largest absolute Gasteiger partial charge is 0.493 e. The summed E-state index contributed by atoms with van der Waals surface area (Å²) in [5.41, 5.74) is 1.28. The van der Waals surface area contributed by atoms with E-state index in [1.54, 1.807) is 6.07 Å². The van der Waals surface area contributed by atoms with Crippen molar-refractivity contribution in [3.05, 3.63) is 30.0 Å². The normalized spacial score (nSPS) is 19.9. The van der Waals surface area contributed by atoms with Gasteiger partial charge in [-0.05, 0) is 56.7 Å². The minimum Gasteiger partial charge on any atom is -0.493 e. The highest BCUT2D eigenvalue weighted by atomic mass is 16.5. The minimum atomic E-state index is -0.710. The summed E-state index contributed by atoms with van der Waals surface area (Å²) in [5.74, 6) is 0.323. The molecule has 2 aromatic rings. The molecule has 2 N–H and O–H groups in total. The van der Waals surface area contributed by atoms with Crippen molar-refractivity contribution in [1.82, 2.24) is 10.3 Å². The Balaban J connectivity index is 1.44. The Kier molecular flexibility index (Phi) is 7.66. The average molecular weight is 464 g/mol. The number of ketones is 2. The number of Topliss-reactive ketones (excluding diaryl/α,β-unsaturated/α-hetero) is 2. The Morgan fingerprint density at radius 1 is 1.24 bits per heavy atom. The zero-order chi connectivity index (χ0) is 24.1. The highest BCUT2D eigenvalue weighted by molar-refractivity contribution is 6.02. The van der Waals surface area contributed by atoms with Gasteiger partial charge in [-0.25, -0.2) is 0 Å². The van der Waals surface area contributed by atoms with E-state index in [-0.39, 0.29) is 29.8 Å². The molecule has 180 valence electrons. The first-order valence-corrected chi connectivity index (χ1v) is 12.5. The van der Waals surface area contributed by atoms with Gasteiger partial charge in [-0.2, -0.15) is 5.26 Å². The number of hydrogen-bond donors (Lipinski definition) is 2. The number of aromatic amines is 1. The van der Waals surface area contributed by atoms with Crippen molar-refractivity contribution in [2.75, 3.05) is 6.61 Å². The number of ether oxygens (including phenoxy) is 1. The zero-order valence-electron chi connectivity index (χ0n) is 19.8. The van der Waals surface area contributed by atoms with E-state index in [1.807, 2.05) is 25.1 Å². The maximum atomic E-state index is 13.2. The van der Waals surface area contributed by atoms with Crippen LogP contribution in [0.5, 0.6) is 5.75 Å². The van der Waals surface area contributed by atoms with Gasteiger partial charge in [-0.15, -0.1) is 0 Å². The molecule has 1 aromatic heterocycles. The Labute approximate surface area is 200 Å². The molecule has 0 saturated heterocycles. The number of aromatic nitrogens is 1. The highest BCUT2D eigenvalue weighted by Gasteiger charge is 2.33. The van der Waals surface area contributed by atoms with Crippen LogP contribution in [0.1, 0.15) is 75.2 Å². The van der Waals surface area contributed by atoms with Gasteiger partial charge in [0.15, 0.2) is 5.78 Å². The number of carbonyl (C=O) groups excluding carboxylic acids is 3. The summed E-state index contributed by atoms with van der Waals surface area (Å²) in [6.45, 7) is 2.45. The Bertz CT molecular complexity index is 1090. The van der Waals surface area contributed by atoms with Crippen LogP contribution in [-0.4, -0.2) is 35.1 Å². The highest BCUT2D eigenvalue weighted by Crippen LogP contribution is 2.37. The van der Waals surface area contributed by atoms with E-state index >= 15 is 0 Å². The molecule has 7 nitrogen and oxygen atoms in total. The van der Waals surface area contributed by atoms with E-state index in [1.165, 1.54) is 0 Å². The third-order valence-electron chi connectivity index (χ3n) is 7.02. The molecule has 0 unspecified atom stereocenters. The van der Waals surface area contributed by atoms with Crippen LogP contribution in [0.15, 0.2) is 24.3 Å². The van der Waals surface area contributed by atoms with Gasteiger partial charge in [0.25, 0.3) is 0 Å². The van der Waals surface area contributed by atoms with E-state index in [4.69, 9.17) is 4.74 Å². The van der Waals surface area contributed by atoms with E-state index in [0.29, 0.717) is 37.5 Å². The van der Waals surface area contributed by atoms with Crippen LogP contribution in [0.25, 0.3) is 10.9 Å². The molecule has 2 aliphatic rings. The standard InChI is InChI=1S/C27H33N3O4/c1-2-34-26-9-5-7-22-21(26)15-23(30-22)25(32)14-19(12-17-10-11-17)27(33)29-20(16-28)13-18-6-3-4-8-24(18)31/h5,7,9,15,17-20,30H,2-4,6,8,10-14H2,1H3,(H,29,33)/t18-,19+,20-/m0/s1. The van der Waals surface area contributed by atoms with Gasteiger partial charge in [0.1, 0.15) is 17.6 Å². The van der Waals surface area contributed by atoms with E-state index in [0.717, 1.165) is 48.8 Å². The summed E-state index contributed by atoms with van der Waals surface area (Å²) < 4.78 is 5.67. The number of amides is 1. The average Bonchev–Trinajstić information content (AvgIpc) is 3.54. The smallest absolute Gasteiger partial charge is 0.224 e.